The minimum Gasteiger partial charge on any atom is -0.346 e. The number of benzene rings is 1. The Labute approximate surface area is 165 Å². The van der Waals surface area contributed by atoms with Gasteiger partial charge in [-0.2, -0.15) is 5.26 Å². The normalized spacial score (nSPS) is 10.1. The molecule has 9 heteroatoms. The van der Waals surface area contributed by atoms with Crippen LogP contribution < -0.4 is 10.2 Å². The molecule has 0 aliphatic rings. The van der Waals surface area contributed by atoms with Crippen molar-refractivity contribution in [3.05, 3.63) is 69.7 Å². The van der Waals surface area contributed by atoms with E-state index in [1.165, 1.54) is 28.6 Å². The van der Waals surface area contributed by atoms with Gasteiger partial charge in [0.15, 0.2) is 0 Å². The summed E-state index contributed by atoms with van der Waals surface area (Å²) in [4.78, 5) is 38.5. The highest BCUT2D eigenvalue weighted by Gasteiger charge is 2.11. The number of thiazole rings is 1. The zero-order chi connectivity index (χ0) is 19.9. The maximum absolute atomic E-state index is 12.2. The molecule has 3 aromatic rings. The number of carbonyl (C=O) groups is 2. The van der Waals surface area contributed by atoms with Crippen LogP contribution in [-0.4, -0.2) is 27.3 Å². The van der Waals surface area contributed by atoms with Crippen LogP contribution in [0.3, 0.4) is 0 Å². The van der Waals surface area contributed by atoms with Gasteiger partial charge < -0.3 is 10.2 Å². The molecule has 0 saturated carbocycles. The molecular weight excluding hydrogens is 376 g/mol. The van der Waals surface area contributed by atoms with Crippen LogP contribution in [0.25, 0.3) is 0 Å². The van der Waals surface area contributed by atoms with Crippen LogP contribution in [0, 0.1) is 18.3 Å². The molecule has 0 aliphatic carbocycles. The average molecular weight is 392 g/mol. The summed E-state index contributed by atoms with van der Waals surface area (Å²) < 4.78 is 0. The maximum atomic E-state index is 12.2. The summed E-state index contributed by atoms with van der Waals surface area (Å²) in [5.41, 5.74) is 1.74. The van der Waals surface area contributed by atoms with E-state index in [4.69, 9.17) is 5.26 Å². The predicted octanol–water partition coefficient (Wildman–Crippen LogP) is 2.21. The van der Waals surface area contributed by atoms with Crippen LogP contribution in [0.5, 0.6) is 0 Å². The Morgan fingerprint density at radius 3 is 2.79 bits per heavy atom. The van der Waals surface area contributed by atoms with E-state index in [1.54, 1.807) is 30.5 Å². The van der Waals surface area contributed by atoms with Crippen LogP contribution >= 0.6 is 11.3 Å². The van der Waals surface area contributed by atoms with Crippen LogP contribution in [0.2, 0.25) is 0 Å². The van der Waals surface area contributed by atoms with Gasteiger partial charge in [0, 0.05) is 16.8 Å². The van der Waals surface area contributed by atoms with E-state index >= 15 is 0 Å². The molecule has 2 aromatic heterocycles. The summed E-state index contributed by atoms with van der Waals surface area (Å²) in [6, 6.07) is 8.74. The second-order valence-electron chi connectivity index (χ2n) is 5.82. The highest BCUT2D eigenvalue weighted by atomic mass is 32.1. The van der Waals surface area contributed by atoms with Crippen molar-refractivity contribution in [1.82, 2.24) is 20.3 Å². The third-order valence-electron chi connectivity index (χ3n) is 3.80. The number of aryl methyl sites for hydroxylation is 1. The highest BCUT2D eigenvalue weighted by Crippen LogP contribution is 2.16. The topological polar surface area (TPSA) is 112 Å². The molecule has 0 spiro atoms. The Balaban J connectivity index is 1.63. The lowest BCUT2D eigenvalue weighted by Gasteiger charge is -2.17. The first-order valence-electron chi connectivity index (χ1n) is 8.31. The van der Waals surface area contributed by atoms with Gasteiger partial charge in [0.25, 0.3) is 5.91 Å². The van der Waals surface area contributed by atoms with Crippen LogP contribution in [0.1, 0.15) is 31.6 Å². The number of carbonyl (C=O) groups excluding carboxylic acids is 2. The molecule has 0 unspecified atom stereocenters. The van der Waals surface area contributed by atoms with E-state index in [0.29, 0.717) is 29.9 Å². The Hall–Kier alpha value is -3.64. The molecule has 140 valence electrons. The molecule has 1 aromatic carbocycles. The molecule has 28 heavy (non-hydrogen) atoms. The molecule has 0 atom stereocenters. The number of nitriles is 1. The van der Waals surface area contributed by atoms with Gasteiger partial charge in [-0.3, -0.25) is 14.6 Å². The summed E-state index contributed by atoms with van der Waals surface area (Å²) in [5, 5.41) is 12.7. The van der Waals surface area contributed by atoms with Crippen molar-refractivity contribution in [1.29, 1.82) is 5.26 Å². The fraction of sp³-hybridized carbons (Fsp3) is 0.158. The van der Waals surface area contributed by atoms with Crippen molar-refractivity contribution in [3.8, 4) is 6.07 Å². The molecule has 0 fully saturated rings. The minimum atomic E-state index is -0.334. The lowest BCUT2D eigenvalue weighted by Crippen LogP contribution is -2.24. The maximum Gasteiger partial charge on any atom is 0.271 e. The summed E-state index contributed by atoms with van der Waals surface area (Å²) >= 11 is 1.52. The first-order valence-corrected chi connectivity index (χ1v) is 9.13. The summed E-state index contributed by atoms with van der Waals surface area (Å²) in [6.45, 7) is 2.45. The van der Waals surface area contributed by atoms with Gasteiger partial charge in [-0.1, -0.05) is 6.07 Å². The van der Waals surface area contributed by atoms with Crippen molar-refractivity contribution in [2.45, 2.75) is 20.0 Å². The molecule has 0 saturated heterocycles. The van der Waals surface area contributed by atoms with E-state index < -0.39 is 0 Å². The van der Waals surface area contributed by atoms with Gasteiger partial charge >= 0.3 is 0 Å². The fourth-order valence-electron chi connectivity index (χ4n) is 2.42. The Bertz CT molecular complexity index is 1030. The first kappa shape index (κ1) is 19.1. The predicted molar refractivity (Wildman–Crippen MR) is 103 cm³/mol. The van der Waals surface area contributed by atoms with Crippen molar-refractivity contribution < 1.29 is 9.59 Å². The summed E-state index contributed by atoms with van der Waals surface area (Å²) in [7, 11) is 0. The van der Waals surface area contributed by atoms with E-state index in [9.17, 15) is 9.59 Å². The van der Waals surface area contributed by atoms with Crippen molar-refractivity contribution >= 4 is 29.3 Å². The van der Waals surface area contributed by atoms with E-state index in [1.807, 2.05) is 13.0 Å². The van der Waals surface area contributed by atoms with Crippen molar-refractivity contribution in [3.63, 3.8) is 0 Å². The molecule has 3 rings (SSSR count). The lowest BCUT2D eigenvalue weighted by molar-refractivity contribution is -0.107. The van der Waals surface area contributed by atoms with Gasteiger partial charge in [0.05, 0.1) is 47.8 Å². The van der Waals surface area contributed by atoms with E-state index in [0.717, 1.165) is 9.88 Å². The van der Waals surface area contributed by atoms with Crippen LogP contribution in [0.4, 0.5) is 5.69 Å². The number of hydrogen-bond acceptors (Lipinski definition) is 7. The monoisotopic (exact) mass is 392 g/mol. The first-order chi connectivity index (χ1) is 13.6. The lowest BCUT2D eigenvalue weighted by atomic mass is 10.2. The number of amides is 2. The Morgan fingerprint density at radius 2 is 2.14 bits per heavy atom. The number of aromatic nitrogens is 3. The highest BCUT2D eigenvalue weighted by molar-refractivity contribution is 7.11. The fourth-order valence-corrected chi connectivity index (χ4v) is 3.15. The minimum absolute atomic E-state index is 0.174. The summed E-state index contributed by atoms with van der Waals surface area (Å²) in [5.74, 6) is -0.334. The number of hydrogen-bond donors (Lipinski definition) is 1. The molecule has 1 N–H and O–H groups in total. The van der Waals surface area contributed by atoms with Gasteiger partial charge in [0.1, 0.15) is 5.69 Å². The zero-order valence-electron chi connectivity index (χ0n) is 15.0. The Morgan fingerprint density at radius 1 is 1.29 bits per heavy atom. The second-order valence-corrected chi connectivity index (χ2v) is 7.14. The van der Waals surface area contributed by atoms with Crippen LogP contribution in [-0.2, 0) is 17.9 Å². The van der Waals surface area contributed by atoms with E-state index in [2.05, 4.69) is 20.3 Å². The molecule has 2 heterocycles. The molecule has 8 nitrogen and oxygen atoms in total. The number of nitrogens with zero attached hydrogens (tertiary/aromatic N) is 5. The van der Waals surface area contributed by atoms with Crippen LogP contribution in [0.15, 0.2) is 42.9 Å². The molecule has 0 bridgehead atoms. The third-order valence-corrected chi connectivity index (χ3v) is 4.71. The van der Waals surface area contributed by atoms with E-state index in [-0.39, 0.29) is 18.1 Å². The third kappa shape index (κ3) is 4.75. The van der Waals surface area contributed by atoms with Gasteiger partial charge in [-0.05, 0) is 25.1 Å². The number of anilines is 1. The Kier molecular flexibility index (Phi) is 6.04. The number of nitrogens with one attached hydrogen (secondary N) is 1. The van der Waals surface area contributed by atoms with Gasteiger partial charge in [0.2, 0.25) is 6.41 Å². The average Bonchev–Trinajstić information content (AvgIpc) is 3.16. The largest absolute Gasteiger partial charge is 0.346 e. The van der Waals surface area contributed by atoms with Crippen molar-refractivity contribution in [2.75, 3.05) is 4.90 Å². The van der Waals surface area contributed by atoms with Crippen molar-refractivity contribution in [2.24, 2.45) is 0 Å². The smallest absolute Gasteiger partial charge is 0.271 e. The number of rotatable bonds is 7. The molecule has 0 aliphatic heterocycles. The van der Waals surface area contributed by atoms with Gasteiger partial charge in [-0.15, -0.1) is 11.3 Å². The zero-order valence-corrected chi connectivity index (χ0v) is 15.8. The summed E-state index contributed by atoms with van der Waals surface area (Å²) in [6.07, 6.45) is 5.22. The quantitative estimate of drug-likeness (QED) is 0.617. The molecule has 2 amide bonds. The SMILES string of the molecule is Cc1ncc(CNC(=O)c2cnc(CN(C=O)c3cccc(C#N)c3)cn2)s1. The molecule has 0 radical (unpaired) electrons. The van der Waals surface area contributed by atoms with Gasteiger partial charge in [-0.25, -0.2) is 9.97 Å². The molecular formula is C19H16N6O2S. The second kappa shape index (κ2) is 8.83. The standard InChI is InChI=1S/C19H16N6O2S/c1-13-21-8-17(28-13)9-24-19(27)18-10-22-15(7-23-18)11-25(12-26)16-4-2-3-14(5-16)6-20/h2-5,7-8,10,12H,9,11H2,1H3,(H,24,27).